The first-order valence-electron chi connectivity index (χ1n) is 11.8. The van der Waals surface area contributed by atoms with E-state index < -0.39 is 16.1 Å². The molecule has 0 aromatic heterocycles. The number of hydrogen-bond donors (Lipinski definition) is 3. The Morgan fingerprint density at radius 1 is 1.03 bits per heavy atom. The second-order valence-corrected chi connectivity index (χ2v) is 11.5. The average molecular weight is 583 g/mol. The highest BCUT2D eigenvalue weighted by Crippen LogP contribution is 2.31. The van der Waals surface area contributed by atoms with E-state index in [0.717, 1.165) is 51.7 Å². The number of nitrogen functional groups attached to an aromatic ring is 1. The highest BCUT2D eigenvalue weighted by molar-refractivity contribution is 7.92. The number of nitrogens with two attached hydrogens (primary N) is 1. The second kappa shape index (κ2) is 16.6. The first kappa shape index (κ1) is 32.8. The average Bonchev–Trinajstić information content (AvgIpc) is 2.82. The Morgan fingerprint density at radius 3 is 2.22 bits per heavy atom. The summed E-state index contributed by atoms with van der Waals surface area (Å²) in [5.41, 5.74) is 8.53. The van der Waals surface area contributed by atoms with E-state index in [4.69, 9.17) is 33.7 Å². The van der Waals surface area contributed by atoms with E-state index in [1.807, 2.05) is 24.3 Å². The highest BCUT2D eigenvalue weighted by atomic mass is 35.5. The molecule has 0 aliphatic rings. The molecule has 0 saturated carbocycles. The number of sulfonamides is 1. The molecule has 0 saturated heterocycles. The molecule has 0 bridgehead atoms. The van der Waals surface area contributed by atoms with Gasteiger partial charge in [-0.1, -0.05) is 48.2 Å². The molecule has 4 N–H and O–H groups in total. The number of unbranched alkanes of at least 4 members (excludes halogenated alkanes) is 3. The number of aliphatic hydroxyl groups excluding tert-OH is 1. The summed E-state index contributed by atoms with van der Waals surface area (Å²) >= 11 is 12.0. The van der Waals surface area contributed by atoms with E-state index in [2.05, 4.69) is 5.32 Å². The van der Waals surface area contributed by atoms with Gasteiger partial charge in [-0.2, -0.15) is 0 Å². The maximum Gasteiger partial charge on any atom is 0.231 e. The first-order chi connectivity index (χ1) is 16.6. The van der Waals surface area contributed by atoms with E-state index in [9.17, 15) is 13.5 Å². The van der Waals surface area contributed by atoms with E-state index >= 15 is 0 Å². The van der Waals surface area contributed by atoms with E-state index in [1.165, 1.54) is 16.1 Å². The lowest BCUT2D eigenvalue weighted by molar-refractivity contribution is 0.127. The van der Waals surface area contributed by atoms with Crippen LogP contribution in [0.25, 0.3) is 0 Å². The molecule has 1 atom stereocenters. The molecule has 0 amide bonds. The Hall–Kier alpha value is -1.26. The van der Waals surface area contributed by atoms with Gasteiger partial charge >= 0.3 is 0 Å². The Morgan fingerprint density at radius 2 is 1.61 bits per heavy atom. The van der Waals surface area contributed by atoms with Crippen molar-refractivity contribution in [1.29, 1.82) is 0 Å². The third-order valence-electron chi connectivity index (χ3n) is 5.77. The molecule has 36 heavy (non-hydrogen) atoms. The standard InChI is InChI=1S/C25H37Cl2N3O4S.ClH/c1-30(35(2,32)33)21-11-9-19(10-12-21)8-7-15-34-14-6-4-3-5-13-29-18-24(31)20-16-22(26)25(28)23(27)17-20;/h9-12,16-17,24,29,31H,3-8,13-15,18,28H2,1-2H3;1H. The number of aliphatic hydroxyl groups is 1. The number of benzene rings is 2. The normalized spacial score (nSPS) is 12.2. The Bertz CT molecular complexity index is 1000. The van der Waals surface area contributed by atoms with Crippen molar-refractivity contribution in [2.24, 2.45) is 0 Å². The zero-order valence-corrected chi connectivity index (χ0v) is 24.0. The fourth-order valence-electron chi connectivity index (χ4n) is 3.51. The molecule has 0 spiro atoms. The van der Waals surface area contributed by atoms with Gasteiger partial charge in [-0.25, -0.2) is 8.42 Å². The molecule has 0 heterocycles. The molecular formula is C25H38Cl3N3O4S. The predicted octanol–water partition coefficient (Wildman–Crippen LogP) is 5.23. The van der Waals surface area contributed by atoms with E-state index in [1.54, 1.807) is 19.2 Å². The lowest BCUT2D eigenvalue weighted by Gasteiger charge is -2.16. The van der Waals surface area contributed by atoms with Crippen LogP contribution in [0.5, 0.6) is 0 Å². The van der Waals surface area contributed by atoms with Crippen LogP contribution in [0.4, 0.5) is 11.4 Å². The van der Waals surface area contributed by atoms with Crippen molar-refractivity contribution in [3.8, 4) is 0 Å². The number of ether oxygens (including phenoxy) is 1. The topological polar surface area (TPSA) is 105 Å². The van der Waals surface area contributed by atoms with Crippen LogP contribution in [0, 0.1) is 0 Å². The molecule has 0 aliphatic heterocycles. The summed E-state index contributed by atoms with van der Waals surface area (Å²) in [5, 5.41) is 14.2. The SMILES string of the molecule is CN(c1ccc(CCCOCCCCCCNCC(O)c2cc(Cl)c(N)c(Cl)c2)cc1)S(C)(=O)=O.Cl. The summed E-state index contributed by atoms with van der Waals surface area (Å²) in [6.07, 6.45) is 6.58. The number of anilines is 2. The number of aryl methyl sites for hydroxylation is 1. The largest absolute Gasteiger partial charge is 0.396 e. The molecular weight excluding hydrogens is 545 g/mol. The van der Waals surface area contributed by atoms with Crippen LogP contribution in [0.15, 0.2) is 36.4 Å². The van der Waals surface area contributed by atoms with Crippen LogP contribution in [0.1, 0.15) is 49.3 Å². The third-order valence-corrected chi connectivity index (χ3v) is 7.60. The molecule has 1 unspecified atom stereocenters. The summed E-state index contributed by atoms with van der Waals surface area (Å²) in [6, 6.07) is 10.9. The zero-order valence-electron chi connectivity index (χ0n) is 20.9. The number of rotatable bonds is 16. The smallest absolute Gasteiger partial charge is 0.231 e. The van der Waals surface area contributed by atoms with Gasteiger partial charge in [-0.05, 0) is 67.6 Å². The lowest BCUT2D eigenvalue weighted by Crippen LogP contribution is -2.24. The minimum absolute atomic E-state index is 0. The molecule has 0 radical (unpaired) electrons. The first-order valence-corrected chi connectivity index (χ1v) is 14.4. The van der Waals surface area contributed by atoms with Crippen molar-refractivity contribution in [3.05, 3.63) is 57.6 Å². The number of hydrogen-bond acceptors (Lipinski definition) is 6. The Labute approximate surface area is 231 Å². The monoisotopic (exact) mass is 581 g/mol. The molecule has 2 rings (SSSR count). The summed E-state index contributed by atoms with van der Waals surface area (Å²) < 4.78 is 30.2. The Balaban J connectivity index is 0.00000648. The van der Waals surface area contributed by atoms with Crippen LogP contribution in [0.2, 0.25) is 10.0 Å². The maximum atomic E-state index is 11.6. The fraction of sp³-hybridized carbons (Fsp3) is 0.520. The van der Waals surface area contributed by atoms with Crippen molar-refractivity contribution < 1.29 is 18.3 Å². The summed E-state index contributed by atoms with van der Waals surface area (Å²) in [6.45, 7) is 2.72. The van der Waals surface area contributed by atoms with Gasteiger partial charge < -0.3 is 20.9 Å². The Kier molecular flexibility index (Phi) is 15.1. The van der Waals surface area contributed by atoms with Gasteiger partial charge in [0.1, 0.15) is 0 Å². The molecule has 7 nitrogen and oxygen atoms in total. The molecule has 2 aromatic rings. The van der Waals surface area contributed by atoms with E-state index in [0.29, 0.717) is 40.1 Å². The van der Waals surface area contributed by atoms with E-state index in [-0.39, 0.29) is 12.4 Å². The van der Waals surface area contributed by atoms with Gasteiger partial charge in [-0.15, -0.1) is 12.4 Å². The minimum atomic E-state index is -3.24. The van der Waals surface area contributed by atoms with Crippen LogP contribution < -0.4 is 15.4 Å². The van der Waals surface area contributed by atoms with Gasteiger partial charge in [0.05, 0.1) is 33.8 Å². The number of nitrogens with zero attached hydrogens (tertiary/aromatic N) is 1. The van der Waals surface area contributed by atoms with Crippen molar-refractivity contribution in [2.45, 2.75) is 44.6 Å². The summed E-state index contributed by atoms with van der Waals surface area (Å²) in [5.74, 6) is 0. The molecule has 11 heteroatoms. The lowest BCUT2D eigenvalue weighted by atomic mass is 10.1. The van der Waals surface area contributed by atoms with Gasteiger partial charge in [0.25, 0.3) is 0 Å². The zero-order chi connectivity index (χ0) is 25.8. The van der Waals surface area contributed by atoms with Gasteiger partial charge in [0.15, 0.2) is 0 Å². The summed E-state index contributed by atoms with van der Waals surface area (Å²) in [7, 11) is -1.69. The highest BCUT2D eigenvalue weighted by Gasteiger charge is 2.12. The van der Waals surface area contributed by atoms with Crippen LogP contribution in [0.3, 0.4) is 0 Å². The maximum absolute atomic E-state index is 11.6. The van der Waals surface area contributed by atoms with Gasteiger partial charge in [-0.3, -0.25) is 4.31 Å². The molecule has 0 aliphatic carbocycles. The van der Waals surface area contributed by atoms with Crippen molar-refractivity contribution in [2.75, 3.05) is 49.6 Å². The third kappa shape index (κ3) is 11.4. The minimum Gasteiger partial charge on any atom is -0.396 e. The van der Waals surface area contributed by atoms with Crippen LogP contribution >= 0.6 is 35.6 Å². The van der Waals surface area contributed by atoms with Crippen LogP contribution in [-0.2, 0) is 21.2 Å². The molecule has 2 aromatic carbocycles. The van der Waals surface area contributed by atoms with Gasteiger partial charge in [0.2, 0.25) is 10.0 Å². The predicted molar refractivity (Wildman–Crippen MR) is 153 cm³/mol. The van der Waals surface area contributed by atoms with Crippen molar-refractivity contribution in [3.63, 3.8) is 0 Å². The van der Waals surface area contributed by atoms with Crippen molar-refractivity contribution in [1.82, 2.24) is 5.32 Å². The van der Waals surface area contributed by atoms with Crippen LogP contribution in [-0.4, -0.2) is 53.1 Å². The quantitative estimate of drug-likeness (QED) is 0.185. The fourth-order valence-corrected chi connectivity index (χ4v) is 4.51. The van der Waals surface area contributed by atoms with Crippen molar-refractivity contribution >= 4 is 57.0 Å². The van der Waals surface area contributed by atoms with Gasteiger partial charge in [0, 0.05) is 26.8 Å². The number of nitrogens with one attached hydrogen (secondary N) is 1. The number of halogens is 3. The second-order valence-electron chi connectivity index (χ2n) is 8.65. The molecule has 0 fully saturated rings. The summed E-state index contributed by atoms with van der Waals surface area (Å²) in [4.78, 5) is 0. The molecule has 204 valence electrons.